The average molecular weight is 191 g/mol. The summed E-state index contributed by atoms with van der Waals surface area (Å²) in [7, 11) is 3.58. The van der Waals surface area contributed by atoms with Crippen LogP contribution in [0.1, 0.15) is 16.7 Å². The van der Waals surface area contributed by atoms with Crippen LogP contribution in [0.4, 0.5) is 0 Å². The molecule has 0 radical (unpaired) electrons. The molecule has 1 aromatic carbocycles. The van der Waals surface area contributed by atoms with E-state index in [1.807, 2.05) is 32.0 Å². The van der Waals surface area contributed by atoms with Gasteiger partial charge < -0.3 is 4.90 Å². The van der Waals surface area contributed by atoms with Crippen LogP contribution in [-0.4, -0.2) is 24.9 Å². The van der Waals surface area contributed by atoms with Crippen molar-refractivity contribution >= 4 is 5.91 Å². The van der Waals surface area contributed by atoms with Crippen molar-refractivity contribution in [1.29, 1.82) is 0 Å². The van der Waals surface area contributed by atoms with Gasteiger partial charge in [-0.05, 0) is 30.5 Å². The first kappa shape index (κ1) is 10.8. The minimum Gasteiger partial charge on any atom is -0.349 e. The molecule has 0 saturated heterocycles. The lowest BCUT2D eigenvalue weighted by atomic mass is 10.00. The fourth-order valence-corrected chi connectivity index (χ4v) is 1.44. The van der Waals surface area contributed by atoms with Crippen LogP contribution in [0.15, 0.2) is 18.2 Å². The number of carbonyl (C=O) groups is 1. The van der Waals surface area contributed by atoms with Crippen molar-refractivity contribution in [3.8, 4) is 0 Å². The van der Waals surface area contributed by atoms with Crippen molar-refractivity contribution in [2.45, 2.75) is 20.3 Å². The monoisotopic (exact) mass is 191 g/mol. The molecular weight excluding hydrogens is 174 g/mol. The number of hydrogen-bond acceptors (Lipinski definition) is 1. The van der Waals surface area contributed by atoms with Gasteiger partial charge in [0.15, 0.2) is 0 Å². The molecule has 0 aliphatic heterocycles. The number of nitrogens with zero attached hydrogens (tertiary/aromatic N) is 1. The molecule has 0 heterocycles. The SMILES string of the molecule is Cc1cccc(C)c1CC(=O)N(C)C. The quantitative estimate of drug-likeness (QED) is 0.699. The molecule has 0 N–H and O–H groups in total. The van der Waals surface area contributed by atoms with Crippen molar-refractivity contribution in [3.05, 3.63) is 34.9 Å². The third-order valence-corrected chi connectivity index (χ3v) is 2.47. The van der Waals surface area contributed by atoms with Crippen LogP contribution >= 0.6 is 0 Å². The van der Waals surface area contributed by atoms with E-state index in [0.717, 1.165) is 5.56 Å². The van der Waals surface area contributed by atoms with Gasteiger partial charge >= 0.3 is 0 Å². The molecule has 0 aliphatic carbocycles. The predicted octanol–water partition coefficient (Wildman–Crippen LogP) is 1.93. The molecule has 0 unspecified atom stereocenters. The molecule has 0 aromatic heterocycles. The van der Waals surface area contributed by atoms with Crippen LogP contribution < -0.4 is 0 Å². The zero-order valence-corrected chi connectivity index (χ0v) is 9.29. The fraction of sp³-hybridized carbons (Fsp3) is 0.417. The molecule has 1 amide bonds. The molecule has 0 aliphatic rings. The summed E-state index contributed by atoms with van der Waals surface area (Å²) in [6.45, 7) is 4.09. The minimum atomic E-state index is 0.155. The van der Waals surface area contributed by atoms with E-state index in [9.17, 15) is 4.79 Å². The van der Waals surface area contributed by atoms with Gasteiger partial charge in [-0.3, -0.25) is 4.79 Å². The van der Waals surface area contributed by atoms with Crippen LogP contribution in [-0.2, 0) is 11.2 Å². The van der Waals surface area contributed by atoms with Gasteiger partial charge in [0.05, 0.1) is 6.42 Å². The Morgan fingerprint density at radius 1 is 1.21 bits per heavy atom. The van der Waals surface area contributed by atoms with Crippen molar-refractivity contribution in [2.24, 2.45) is 0 Å². The number of hydrogen-bond donors (Lipinski definition) is 0. The molecule has 2 heteroatoms. The maximum Gasteiger partial charge on any atom is 0.226 e. The Balaban J connectivity index is 2.91. The smallest absolute Gasteiger partial charge is 0.226 e. The van der Waals surface area contributed by atoms with Gasteiger partial charge in [0.2, 0.25) is 5.91 Å². The Kier molecular flexibility index (Phi) is 3.28. The summed E-state index contributed by atoms with van der Waals surface area (Å²) in [4.78, 5) is 13.2. The number of carbonyl (C=O) groups excluding carboxylic acids is 1. The molecule has 1 rings (SSSR count). The van der Waals surface area contributed by atoms with Crippen LogP contribution in [0.2, 0.25) is 0 Å². The summed E-state index contributed by atoms with van der Waals surface area (Å²) in [5.41, 5.74) is 3.55. The van der Waals surface area contributed by atoms with Gasteiger partial charge in [0, 0.05) is 14.1 Å². The van der Waals surface area contributed by atoms with Crippen LogP contribution in [0.5, 0.6) is 0 Å². The Morgan fingerprint density at radius 2 is 1.71 bits per heavy atom. The molecule has 0 spiro atoms. The van der Waals surface area contributed by atoms with Crippen LogP contribution in [0.25, 0.3) is 0 Å². The minimum absolute atomic E-state index is 0.155. The third kappa shape index (κ3) is 2.34. The zero-order valence-electron chi connectivity index (χ0n) is 9.29. The normalized spacial score (nSPS) is 10.0. The molecule has 0 atom stereocenters. The summed E-state index contributed by atoms with van der Waals surface area (Å²) in [6, 6.07) is 6.12. The molecule has 76 valence electrons. The topological polar surface area (TPSA) is 20.3 Å². The Morgan fingerprint density at radius 3 is 2.14 bits per heavy atom. The van der Waals surface area contributed by atoms with E-state index in [1.165, 1.54) is 11.1 Å². The molecule has 0 bridgehead atoms. The highest BCUT2D eigenvalue weighted by atomic mass is 16.2. The van der Waals surface area contributed by atoms with E-state index >= 15 is 0 Å². The van der Waals surface area contributed by atoms with E-state index in [4.69, 9.17) is 0 Å². The fourth-order valence-electron chi connectivity index (χ4n) is 1.44. The highest BCUT2D eigenvalue weighted by Gasteiger charge is 2.09. The zero-order chi connectivity index (χ0) is 10.7. The maximum atomic E-state index is 11.5. The number of amides is 1. The lowest BCUT2D eigenvalue weighted by Crippen LogP contribution is -2.24. The number of rotatable bonds is 2. The van der Waals surface area contributed by atoms with Crippen molar-refractivity contribution < 1.29 is 4.79 Å². The van der Waals surface area contributed by atoms with Gasteiger partial charge in [0.25, 0.3) is 0 Å². The van der Waals surface area contributed by atoms with Crippen molar-refractivity contribution in [2.75, 3.05) is 14.1 Å². The van der Waals surface area contributed by atoms with Crippen molar-refractivity contribution in [3.63, 3.8) is 0 Å². The Bertz CT molecular complexity index is 322. The first-order valence-corrected chi connectivity index (χ1v) is 4.77. The van der Waals surface area contributed by atoms with Gasteiger partial charge in [0.1, 0.15) is 0 Å². The highest BCUT2D eigenvalue weighted by Crippen LogP contribution is 2.14. The van der Waals surface area contributed by atoms with E-state index in [1.54, 1.807) is 19.0 Å². The van der Waals surface area contributed by atoms with Gasteiger partial charge in [-0.15, -0.1) is 0 Å². The van der Waals surface area contributed by atoms with E-state index < -0.39 is 0 Å². The van der Waals surface area contributed by atoms with Gasteiger partial charge in [-0.2, -0.15) is 0 Å². The molecule has 1 aromatic rings. The van der Waals surface area contributed by atoms with Crippen LogP contribution in [0, 0.1) is 13.8 Å². The summed E-state index contributed by atoms with van der Waals surface area (Å²) >= 11 is 0. The number of benzene rings is 1. The van der Waals surface area contributed by atoms with E-state index in [-0.39, 0.29) is 5.91 Å². The Hall–Kier alpha value is -1.31. The van der Waals surface area contributed by atoms with E-state index in [0.29, 0.717) is 6.42 Å². The first-order chi connectivity index (χ1) is 6.52. The summed E-state index contributed by atoms with van der Waals surface area (Å²) in [5.74, 6) is 0.155. The second-order valence-corrected chi connectivity index (χ2v) is 3.84. The average Bonchev–Trinajstić information content (AvgIpc) is 2.11. The summed E-state index contributed by atoms with van der Waals surface area (Å²) in [5, 5.41) is 0. The lowest BCUT2D eigenvalue weighted by molar-refractivity contribution is -0.127. The van der Waals surface area contributed by atoms with E-state index in [2.05, 4.69) is 0 Å². The lowest BCUT2D eigenvalue weighted by Gasteiger charge is -2.13. The second-order valence-electron chi connectivity index (χ2n) is 3.84. The van der Waals surface area contributed by atoms with Gasteiger partial charge in [-0.1, -0.05) is 18.2 Å². The third-order valence-electron chi connectivity index (χ3n) is 2.47. The molecule has 14 heavy (non-hydrogen) atoms. The van der Waals surface area contributed by atoms with Crippen LogP contribution in [0.3, 0.4) is 0 Å². The number of aryl methyl sites for hydroxylation is 2. The molecule has 0 fully saturated rings. The standard InChI is InChI=1S/C12H17NO/c1-9-6-5-7-10(2)11(9)8-12(14)13(3)4/h5-7H,8H2,1-4H3. The maximum absolute atomic E-state index is 11.5. The number of likely N-dealkylation sites (N-methyl/N-ethyl adjacent to an activating group) is 1. The predicted molar refractivity (Wildman–Crippen MR) is 58.3 cm³/mol. The first-order valence-electron chi connectivity index (χ1n) is 4.77. The summed E-state index contributed by atoms with van der Waals surface area (Å²) in [6.07, 6.45) is 0.505. The molecule has 2 nitrogen and oxygen atoms in total. The highest BCUT2D eigenvalue weighted by molar-refractivity contribution is 5.79. The summed E-state index contributed by atoms with van der Waals surface area (Å²) < 4.78 is 0. The van der Waals surface area contributed by atoms with Gasteiger partial charge in [-0.25, -0.2) is 0 Å². The Labute approximate surface area is 85.5 Å². The molecular formula is C12H17NO. The largest absolute Gasteiger partial charge is 0.349 e. The van der Waals surface area contributed by atoms with Crippen molar-refractivity contribution in [1.82, 2.24) is 4.90 Å². The second kappa shape index (κ2) is 4.27. The molecule has 0 saturated carbocycles.